The average molecular weight is 311 g/mol. The predicted molar refractivity (Wildman–Crippen MR) is 94.3 cm³/mol. The van der Waals surface area contributed by atoms with E-state index in [0.717, 1.165) is 23.5 Å². The van der Waals surface area contributed by atoms with Crippen LogP contribution in [0, 0.1) is 20.8 Å². The number of carbonyl (C=O) groups excluding carboxylic acids is 1. The van der Waals surface area contributed by atoms with Crippen molar-refractivity contribution >= 4 is 12.0 Å². The van der Waals surface area contributed by atoms with E-state index in [4.69, 9.17) is 0 Å². The summed E-state index contributed by atoms with van der Waals surface area (Å²) in [6, 6.07) is 8.60. The highest BCUT2D eigenvalue weighted by Crippen LogP contribution is 2.16. The summed E-state index contributed by atoms with van der Waals surface area (Å²) in [7, 11) is 0. The Labute approximate surface area is 138 Å². The maximum Gasteiger partial charge on any atom is 0.244 e. The number of amides is 1. The van der Waals surface area contributed by atoms with Crippen molar-refractivity contribution in [3.05, 3.63) is 58.4 Å². The third kappa shape index (κ3) is 4.55. The Morgan fingerprint density at radius 2 is 1.87 bits per heavy atom. The number of rotatable bonds is 5. The smallest absolute Gasteiger partial charge is 0.244 e. The highest BCUT2D eigenvalue weighted by Gasteiger charge is 2.10. The van der Waals surface area contributed by atoms with Crippen molar-refractivity contribution in [1.82, 2.24) is 15.1 Å². The molecule has 0 spiro atoms. The molecule has 2 aromatic rings. The van der Waals surface area contributed by atoms with Crippen LogP contribution in [0.2, 0.25) is 0 Å². The van der Waals surface area contributed by atoms with Crippen LogP contribution in [-0.2, 0) is 11.3 Å². The second-order valence-corrected chi connectivity index (χ2v) is 6.22. The van der Waals surface area contributed by atoms with Crippen molar-refractivity contribution in [3.8, 4) is 0 Å². The lowest BCUT2D eigenvalue weighted by atomic mass is 10.1. The van der Waals surface area contributed by atoms with E-state index in [0.29, 0.717) is 0 Å². The van der Waals surface area contributed by atoms with E-state index in [1.807, 2.05) is 38.5 Å². The van der Waals surface area contributed by atoms with Crippen LogP contribution in [0.5, 0.6) is 0 Å². The van der Waals surface area contributed by atoms with E-state index in [-0.39, 0.29) is 11.9 Å². The fourth-order valence-electron chi connectivity index (χ4n) is 2.46. The fourth-order valence-corrected chi connectivity index (χ4v) is 2.46. The van der Waals surface area contributed by atoms with Gasteiger partial charge >= 0.3 is 0 Å². The molecule has 0 atom stereocenters. The van der Waals surface area contributed by atoms with E-state index < -0.39 is 0 Å². The molecular weight excluding hydrogens is 286 g/mol. The quantitative estimate of drug-likeness (QED) is 0.860. The fraction of sp³-hybridized carbons (Fsp3) is 0.368. The lowest BCUT2D eigenvalue weighted by Crippen LogP contribution is -2.28. The van der Waals surface area contributed by atoms with Crippen molar-refractivity contribution in [3.63, 3.8) is 0 Å². The zero-order valence-electron chi connectivity index (χ0n) is 14.6. The minimum absolute atomic E-state index is 0.0786. The van der Waals surface area contributed by atoms with Gasteiger partial charge in [-0.1, -0.05) is 29.8 Å². The molecule has 0 saturated heterocycles. The molecule has 1 aromatic carbocycles. The van der Waals surface area contributed by atoms with Gasteiger partial charge in [0, 0.05) is 23.4 Å². The summed E-state index contributed by atoms with van der Waals surface area (Å²) in [4.78, 5) is 11.8. The summed E-state index contributed by atoms with van der Waals surface area (Å²) < 4.78 is 1.99. The van der Waals surface area contributed by atoms with Crippen LogP contribution in [0.3, 0.4) is 0 Å². The van der Waals surface area contributed by atoms with E-state index >= 15 is 0 Å². The zero-order valence-corrected chi connectivity index (χ0v) is 14.6. The number of carbonyl (C=O) groups is 1. The molecule has 122 valence electrons. The summed E-state index contributed by atoms with van der Waals surface area (Å²) in [5.41, 5.74) is 5.48. The Bertz CT molecular complexity index is 709. The van der Waals surface area contributed by atoms with Gasteiger partial charge in [0.15, 0.2) is 0 Å². The molecule has 4 nitrogen and oxygen atoms in total. The monoisotopic (exact) mass is 311 g/mol. The molecule has 0 aliphatic rings. The SMILES string of the molecule is Cc1ccc(Cn2nc(C)c(/C=C/C(=O)NC(C)C)c2C)cc1. The van der Waals surface area contributed by atoms with Crippen LogP contribution in [0.25, 0.3) is 6.08 Å². The molecule has 23 heavy (non-hydrogen) atoms. The minimum Gasteiger partial charge on any atom is -0.350 e. The van der Waals surface area contributed by atoms with Crippen molar-refractivity contribution in [2.24, 2.45) is 0 Å². The Morgan fingerprint density at radius 3 is 2.48 bits per heavy atom. The Kier molecular flexibility index (Phi) is 5.37. The molecule has 1 aromatic heterocycles. The molecule has 0 radical (unpaired) electrons. The van der Waals surface area contributed by atoms with Gasteiger partial charge in [-0.3, -0.25) is 9.48 Å². The molecule has 1 amide bonds. The van der Waals surface area contributed by atoms with Gasteiger partial charge in [0.05, 0.1) is 12.2 Å². The lowest BCUT2D eigenvalue weighted by Gasteiger charge is -2.06. The number of aromatic nitrogens is 2. The molecule has 1 heterocycles. The normalized spacial score (nSPS) is 11.4. The molecule has 0 unspecified atom stereocenters. The second-order valence-electron chi connectivity index (χ2n) is 6.22. The summed E-state index contributed by atoms with van der Waals surface area (Å²) in [5.74, 6) is -0.0786. The van der Waals surface area contributed by atoms with E-state index in [9.17, 15) is 4.79 Å². The predicted octanol–water partition coefficient (Wildman–Crippen LogP) is 3.39. The second kappa shape index (κ2) is 7.27. The Hall–Kier alpha value is -2.36. The van der Waals surface area contributed by atoms with Crippen molar-refractivity contribution < 1.29 is 4.79 Å². The summed E-state index contributed by atoms with van der Waals surface area (Å²) >= 11 is 0. The van der Waals surface area contributed by atoms with Gasteiger partial charge < -0.3 is 5.32 Å². The summed E-state index contributed by atoms with van der Waals surface area (Å²) in [5, 5.41) is 7.45. The van der Waals surface area contributed by atoms with Crippen LogP contribution in [0.15, 0.2) is 30.3 Å². The van der Waals surface area contributed by atoms with Crippen molar-refractivity contribution in [1.29, 1.82) is 0 Å². The number of nitrogens with one attached hydrogen (secondary N) is 1. The van der Waals surface area contributed by atoms with Gasteiger partial charge in [0.1, 0.15) is 0 Å². The largest absolute Gasteiger partial charge is 0.350 e. The topological polar surface area (TPSA) is 46.9 Å². The van der Waals surface area contributed by atoms with Crippen LogP contribution >= 0.6 is 0 Å². The van der Waals surface area contributed by atoms with E-state index in [2.05, 4.69) is 41.6 Å². The first-order valence-corrected chi connectivity index (χ1v) is 7.95. The number of hydrogen-bond acceptors (Lipinski definition) is 2. The highest BCUT2D eigenvalue weighted by molar-refractivity contribution is 5.92. The zero-order chi connectivity index (χ0) is 17.0. The van der Waals surface area contributed by atoms with E-state index in [1.54, 1.807) is 6.08 Å². The van der Waals surface area contributed by atoms with E-state index in [1.165, 1.54) is 11.1 Å². The molecule has 0 bridgehead atoms. The average Bonchev–Trinajstić information content (AvgIpc) is 2.73. The molecule has 1 N–H and O–H groups in total. The maximum absolute atomic E-state index is 11.8. The van der Waals surface area contributed by atoms with Crippen molar-refractivity contribution in [2.75, 3.05) is 0 Å². The minimum atomic E-state index is -0.0786. The third-order valence-electron chi connectivity index (χ3n) is 3.72. The standard InChI is InChI=1S/C19H25N3O/c1-13(2)20-19(23)11-10-18-15(4)21-22(16(18)5)12-17-8-6-14(3)7-9-17/h6-11,13H,12H2,1-5H3,(H,20,23)/b11-10+. The number of benzene rings is 1. The van der Waals surface area contributed by atoms with Crippen LogP contribution in [-0.4, -0.2) is 21.7 Å². The summed E-state index contributed by atoms with van der Waals surface area (Å²) in [6.45, 7) is 10.7. The first-order chi connectivity index (χ1) is 10.9. The van der Waals surface area contributed by atoms with Gasteiger partial charge in [-0.15, -0.1) is 0 Å². The Morgan fingerprint density at radius 1 is 1.22 bits per heavy atom. The van der Waals surface area contributed by atoms with Crippen molar-refractivity contribution in [2.45, 2.75) is 47.2 Å². The van der Waals surface area contributed by atoms with Crippen LogP contribution in [0.1, 0.15) is 41.9 Å². The van der Waals surface area contributed by atoms with Gasteiger partial charge in [-0.05, 0) is 46.3 Å². The number of hydrogen-bond donors (Lipinski definition) is 1. The maximum atomic E-state index is 11.8. The highest BCUT2D eigenvalue weighted by atomic mass is 16.1. The van der Waals surface area contributed by atoms with Gasteiger partial charge in [0.25, 0.3) is 0 Å². The molecule has 4 heteroatoms. The lowest BCUT2D eigenvalue weighted by molar-refractivity contribution is -0.116. The molecule has 0 saturated carbocycles. The van der Waals surface area contributed by atoms with Gasteiger partial charge in [0.2, 0.25) is 5.91 Å². The van der Waals surface area contributed by atoms with Crippen LogP contribution < -0.4 is 5.32 Å². The van der Waals surface area contributed by atoms with Gasteiger partial charge in [-0.2, -0.15) is 5.10 Å². The number of nitrogens with zero attached hydrogens (tertiary/aromatic N) is 2. The molecule has 2 rings (SSSR count). The van der Waals surface area contributed by atoms with Crippen LogP contribution in [0.4, 0.5) is 0 Å². The molecule has 0 aliphatic heterocycles. The Balaban J connectivity index is 2.17. The first kappa shape index (κ1) is 17.0. The van der Waals surface area contributed by atoms with Gasteiger partial charge in [-0.25, -0.2) is 0 Å². The third-order valence-corrected chi connectivity index (χ3v) is 3.72. The first-order valence-electron chi connectivity index (χ1n) is 7.95. The summed E-state index contributed by atoms with van der Waals surface area (Å²) in [6.07, 6.45) is 3.42. The molecule has 0 aliphatic carbocycles. The number of aryl methyl sites for hydroxylation is 2. The molecular formula is C19H25N3O. The molecule has 0 fully saturated rings.